The van der Waals surface area contributed by atoms with Gasteiger partial charge in [0, 0.05) is 12.1 Å². The Hall–Kier alpha value is -1.69. The van der Waals surface area contributed by atoms with E-state index in [0.717, 1.165) is 0 Å². The Morgan fingerprint density at radius 1 is 1.30 bits per heavy atom. The van der Waals surface area contributed by atoms with Crippen molar-refractivity contribution in [1.82, 2.24) is 5.32 Å². The van der Waals surface area contributed by atoms with Crippen LogP contribution in [0.4, 0.5) is 8.78 Å². The summed E-state index contributed by atoms with van der Waals surface area (Å²) in [7, 11) is 0. The lowest BCUT2D eigenvalue weighted by Crippen LogP contribution is -2.35. The first-order valence-corrected chi connectivity index (χ1v) is 7.54. The van der Waals surface area contributed by atoms with Crippen LogP contribution in [-0.4, -0.2) is 30.3 Å². The van der Waals surface area contributed by atoms with Crippen molar-refractivity contribution in [2.75, 3.05) is 6.54 Å². The molecule has 1 amide bonds. The van der Waals surface area contributed by atoms with Crippen molar-refractivity contribution >= 4 is 5.91 Å². The summed E-state index contributed by atoms with van der Waals surface area (Å²) in [5.74, 6) is -0.176. The number of halogens is 2. The molecule has 0 fully saturated rings. The van der Waals surface area contributed by atoms with Crippen LogP contribution in [0.15, 0.2) is 12.1 Å². The number of hydrogen-bond donors (Lipinski definition) is 2. The molecule has 0 aromatic heterocycles. The molecule has 0 aliphatic heterocycles. The maximum absolute atomic E-state index is 12.4. The number of ether oxygens (including phenoxy) is 1. The molecule has 6 heteroatoms. The van der Waals surface area contributed by atoms with E-state index in [1.807, 2.05) is 13.8 Å². The molecule has 0 bridgehead atoms. The van der Waals surface area contributed by atoms with Crippen LogP contribution in [0.25, 0.3) is 0 Å². The first-order valence-electron chi connectivity index (χ1n) is 7.54. The van der Waals surface area contributed by atoms with Gasteiger partial charge in [0.25, 0.3) is 5.91 Å². The number of aryl methyl sites for hydroxylation is 2. The molecule has 1 rings (SSSR count). The molecule has 2 N–H and O–H groups in total. The van der Waals surface area contributed by atoms with Crippen LogP contribution in [0.3, 0.4) is 0 Å². The molecule has 0 spiro atoms. The molecule has 1 aromatic rings. The minimum atomic E-state index is -2.90. The normalized spacial score (nSPS) is 13.1. The first kappa shape index (κ1) is 19.4. The van der Waals surface area contributed by atoms with Gasteiger partial charge in [-0.05, 0) is 55.9 Å². The van der Waals surface area contributed by atoms with Gasteiger partial charge in [-0.1, -0.05) is 13.8 Å². The number of benzene rings is 1. The average Bonchev–Trinajstić information content (AvgIpc) is 2.38. The van der Waals surface area contributed by atoms with E-state index >= 15 is 0 Å². The molecule has 130 valence electrons. The van der Waals surface area contributed by atoms with E-state index in [4.69, 9.17) is 0 Å². The Kier molecular flexibility index (Phi) is 6.50. The summed E-state index contributed by atoms with van der Waals surface area (Å²) < 4.78 is 29.2. The zero-order valence-electron chi connectivity index (χ0n) is 14.2. The number of aliphatic hydroxyl groups excluding tert-OH is 1. The maximum Gasteiger partial charge on any atom is 0.387 e. The number of alkyl halides is 2. The van der Waals surface area contributed by atoms with Crippen LogP contribution in [0.5, 0.6) is 5.75 Å². The minimum Gasteiger partial charge on any atom is -0.434 e. The molecule has 0 radical (unpaired) electrons. The summed E-state index contributed by atoms with van der Waals surface area (Å²) in [6.07, 6.45) is 0.115. The van der Waals surface area contributed by atoms with Crippen LogP contribution in [-0.2, 0) is 0 Å². The average molecular weight is 329 g/mol. The van der Waals surface area contributed by atoms with E-state index in [2.05, 4.69) is 10.1 Å². The molecule has 0 saturated carbocycles. The predicted octanol–water partition coefficient (Wildman–Crippen LogP) is 3.43. The smallest absolute Gasteiger partial charge is 0.387 e. The Labute approximate surface area is 135 Å². The fourth-order valence-electron chi connectivity index (χ4n) is 2.65. The van der Waals surface area contributed by atoms with E-state index < -0.39 is 12.7 Å². The highest BCUT2D eigenvalue weighted by Crippen LogP contribution is 2.27. The van der Waals surface area contributed by atoms with Gasteiger partial charge >= 0.3 is 6.61 Å². The van der Waals surface area contributed by atoms with Crippen LogP contribution >= 0.6 is 0 Å². The van der Waals surface area contributed by atoms with Gasteiger partial charge in [0.05, 0.1) is 6.10 Å². The van der Waals surface area contributed by atoms with Gasteiger partial charge in [-0.25, -0.2) is 0 Å². The minimum absolute atomic E-state index is 0.103. The van der Waals surface area contributed by atoms with Gasteiger partial charge in [-0.2, -0.15) is 8.78 Å². The third-order valence-electron chi connectivity index (χ3n) is 3.50. The predicted molar refractivity (Wildman–Crippen MR) is 85.0 cm³/mol. The van der Waals surface area contributed by atoms with E-state index in [9.17, 15) is 18.7 Å². The van der Waals surface area contributed by atoms with E-state index in [0.29, 0.717) is 29.7 Å². The number of aliphatic hydroxyl groups is 1. The topological polar surface area (TPSA) is 58.6 Å². The summed E-state index contributed by atoms with van der Waals surface area (Å²) in [6, 6.07) is 3.06. The Bertz CT molecular complexity index is 534. The van der Waals surface area contributed by atoms with Crippen LogP contribution in [0.1, 0.15) is 48.7 Å². The fraction of sp³-hybridized carbons (Fsp3) is 0.588. The lowest BCUT2D eigenvalue weighted by Gasteiger charge is -2.26. The zero-order valence-corrected chi connectivity index (χ0v) is 14.2. The molecule has 1 atom stereocenters. The first-order chi connectivity index (χ1) is 10.5. The molecule has 0 aliphatic carbocycles. The fourth-order valence-corrected chi connectivity index (χ4v) is 2.65. The quantitative estimate of drug-likeness (QED) is 0.806. The van der Waals surface area contributed by atoms with E-state index in [-0.39, 0.29) is 17.1 Å². The molecule has 23 heavy (non-hydrogen) atoms. The Morgan fingerprint density at radius 3 is 2.26 bits per heavy atom. The summed E-state index contributed by atoms with van der Waals surface area (Å²) >= 11 is 0. The Morgan fingerprint density at radius 2 is 1.83 bits per heavy atom. The zero-order chi connectivity index (χ0) is 17.8. The molecular formula is C17H25F2NO3. The second-order valence-electron chi connectivity index (χ2n) is 6.72. The number of carbonyl (C=O) groups excluding carboxylic acids is 1. The van der Waals surface area contributed by atoms with Gasteiger partial charge in [0.15, 0.2) is 0 Å². The van der Waals surface area contributed by atoms with Crippen molar-refractivity contribution in [1.29, 1.82) is 0 Å². The van der Waals surface area contributed by atoms with Gasteiger partial charge in [-0.3, -0.25) is 4.79 Å². The van der Waals surface area contributed by atoms with Crippen LogP contribution in [0, 0.1) is 19.3 Å². The second kappa shape index (κ2) is 7.73. The lowest BCUT2D eigenvalue weighted by molar-refractivity contribution is -0.0507. The number of nitrogens with one attached hydrogen (secondary N) is 1. The highest BCUT2D eigenvalue weighted by atomic mass is 19.3. The van der Waals surface area contributed by atoms with Gasteiger partial charge < -0.3 is 15.2 Å². The summed E-state index contributed by atoms with van der Waals surface area (Å²) in [4.78, 5) is 12.3. The summed E-state index contributed by atoms with van der Waals surface area (Å²) in [6.45, 7) is 6.37. The SMILES string of the molecule is Cc1cc(C(=O)NCC(C)(C)CC(C)O)cc(C)c1OC(F)F. The van der Waals surface area contributed by atoms with Crippen molar-refractivity contribution in [2.45, 2.75) is 53.8 Å². The van der Waals surface area contributed by atoms with Gasteiger partial charge in [0.2, 0.25) is 0 Å². The highest BCUT2D eigenvalue weighted by Gasteiger charge is 2.22. The number of amides is 1. The third-order valence-corrected chi connectivity index (χ3v) is 3.50. The second-order valence-corrected chi connectivity index (χ2v) is 6.72. The van der Waals surface area contributed by atoms with Gasteiger partial charge in [-0.15, -0.1) is 0 Å². The van der Waals surface area contributed by atoms with Crippen molar-refractivity contribution in [2.24, 2.45) is 5.41 Å². The lowest BCUT2D eigenvalue weighted by atomic mass is 9.87. The Balaban J connectivity index is 2.81. The standard InChI is InChI=1S/C17H25F2NO3/c1-10-6-13(7-11(2)14(10)23-16(18)19)15(22)20-9-17(4,5)8-12(3)21/h6-7,12,16,21H,8-9H2,1-5H3,(H,20,22). The van der Waals surface area contributed by atoms with Crippen molar-refractivity contribution in [3.63, 3.8) is 0 Å². The molecule has 1 unspecified atom stereocenters. The molecule has 1 aromatic carbocycles. The molecule has 0 saturated heterocycles. The summed E-state index contributed by atoms with van der Waals surface area (Å²) in [5, 5.41) is 12.3. The van der Waals surface area contributed by atoms with Crippen molar-refractivity contribution in [3.8, 4) is 5.75 Å². The monoisotopic (exact) mass is 329 g/mol. The van der Waals surface area contributed by atoms with Crippen LogP contribution in [0.2, 0.25) is 0 Å². The number of hydrogen-bond acceptors (Lipinski definition) is 3. The summed E-state index contributed by atoms with van der Waals surface area (Å²) in [5.41, 5.74) is 1.12. The van der Waals surface area contributed by atoms with Crippen molar-refractivity contribution < 1.29 is 23.4 Å². The van der Waals surface area contributed by atoms with Gasteiger partial charge in [0.1, 0.15) is 5.75 Å². The van der Waals surface area contributed by atoms with Crippen LogP contribution < -0.4 is 10.1 Å². The molecule has 0 aliphatic rings. The molecule has 0 heterocycles. The largest absolute Gasteiger partial charge is 0.434 e. The molecule has 4 nitrogen and oxygen atoms in total. The third kappa shape index (κ3) is 6.14. The van der Waals surface area contributed by atoms with E-state index in [1.165, 1.54) is 12.1 Å². The van der Waals surface area contributed by atoms with Crippen molar-refractivity contribution in [3.05, 3.63) is 28.8 Å². The highest BCUT2D eigenvalue weighted by molar-refractivity contribution is 5.94. The number of carbonyl (C=O) groups is 1. The molecular weight excluding hydrogens is 304 g/mol. The van der Waals surface area contributed by atoms with E-state index in [1.54, 1.807) is 20.8 Å². The number of rotatable bonds is 7. The maximum atomic E-state index is 12.4.